The number of aromatic nitrogens is 3. The first-order valence-corrected chi connectivity index (χ1v) is 8.69. The molecule has 140 valence electrons. The Bertz CT molecular complexity index is 1110. The van der Waals surface area contributed by atoms with Crippen molar-refractivity contribution in [3.63, 3.8) is 0 Å². The Morgan fingerprint density at radius 3 is 2.41 bits per heavy atom. The molecule has 9 nitrogen and oxygen atoms in total. The highest BCUT2D eigenvalue weighted by molar-refractivity contribution is 6.10. The maximum atomic E-state index is 12.8. The van der Waals surface area contributed by atoms with Crippen LogP contribution in [0.2, 0.25) is 0 Å². The summed E-state index contributed by atoms with van der Waals surface area (Å²) in [5.41, 5.74) is -2.79. The van der Waals surface area contributed by atoms with Crippen LogP contribution in [-0.4, -0.2) is 25.9 Å². The molecule has 1 aliphatic heterocycles. The molecule has 1 aromatic carbocycles. The van der Waals surface area contributed by atoms with Gasteiger partial charge in [0.15, 0.2) is 0 Å². The molecule has 27 heavy (non-hydrogen) atoms. The summed E-state index contributed by atoms with van der Waals surface area (Å²) < 4.78 is 1.81. The van der Waals surface area contributed by atoms with Crippen LogP contribution in [0.1, 0.15) is 30.9 Å². The molecule has 4 rings (SSSR count). The van der Waals surface area contributed by atoms with Crippen molar-refractivity contribution in [3.05, 3.63) is 67.3 Å². The zero-order valence-corrected chi connectivity index (χ0v) is 14.6. The summed E-state index contributed by atoms with van der Waals surface area (Å²) in [4.78, 5) is 63.8. The van der Waals surface area contributed by atoms with Crippen LogP contribution in [0.25, 0.3) is 0 Å². The monoisotopic (exact) mass is 370 g/mol. The lowest BCUT2D eigenvalue weighted by atomic mass is 9.62. The van der Waals surface area contributed by atoms with Gasteiger partial charge >= 0.3 is 17.1 Å². The lowest BCUT2D eigenvalue weighted by Crippen LogP contribution is -2.53. The van der Waals surface area contributed by atoms with Gasteiger partial charge in [-0.3, -0.25) is 19.9 Å². The van der Waals surface area contributed by atoms with Gasteiger partial charge in [0.2, 0.25) is 11.8 Å². The predicted octanol–water partition coefficient (Wildman–Crippen LogP) is -0.829. The van der Waals surface area contributed by atoms with Crippen LogP contribution < -0.4 is 22.4 Å². The van der Waals surface area contributed by atoms with E-state index in [-0.39, 0.29) is 12.3 Å². The summed E-state index contributed by atoms with van der Waals surface area (Å²) in [5, 5.41) is 2.41. The number of aromatic amines is 1. The maximum absolute atomic E-state index is 12.8. The van der Waals surface area contributed by atoms with Crippen LogP contribution in [0, 0.1) is 5.92 Å². The SMILES string of the molecule is Cn1c(=O)[nH]c(=O)n(C2CCC3C(=O)NC(=O)C3(c3ccccc3)C2)c1=O. The lowest BCUT2D eigenvalue weighted by molar-refractivity contribution is -0.126. The Hall–Kier alpha value is -3.23. The van der Waals surface area contributed by atoms with E-state index in [0.717, 1.165) is 9.13 Å². The third kappa shape index (κ3) is 2.34. The Morgan fingerprint density at radius 1 is 1.00 bits per heavy atom. The minimum atomic E-state index is -1.14. The lowest BCUT2D eigenvalue weighted by Gasteiger charge is -2.40. The number of fused-ring (bicyclic) bond motifs is 1. The van der Waals surface area contributed by atoms with Gasteiger partial charge in [-0.1, -0.05) is 30.3 Å². The first-order chi connectivity index (χ1) is 12.9. The number of hydrogen-bond donors (Lipinski definition) is 2. The van der Waals surface area contributed by atoms with E-state index >= 15 is 0 Å². The Labute approximate surface area is 152 Å². The molecule has 0 radical (unpaired) electrons. The molecular weight excluding hydrogens is 352 g/mol. The second kappa shape index (κ2) is 5.90. The summed E-state index contributed by atoms with van der Waals surface area (Å²) in [6.07, 6.45) is 0.855. The average Bonchev–Trinajstić information content (AvgIpc) is 2.91. The summed E-state index contributed by atoms with van der Waals surface area (Å²) in [5.74, 6) is -1.29. The second-order valence-corrected chi connectivity index (χ2v) is 7.09. The highest BCUT2D eigenvalue weighted by Gasteiger charge is 2.59. The molecule has 1 saturated heterocycles. The van der Waals surface area contributed by atoms with Crippen molar-refractivity contribution in [2.45, 2.75) is 30.7 Å². The van der Waals surface area contributed by atoms with Crippen LogP contribution in [0.15, 0.2) is 44.7 Å². The molecule has 1 aromatic heterocycles. The Morgan fingerprint density at radius 2 is 1.70 bits per heavy atom. The van der Waals surface area contributed by atoms with Gasteiger partial charge in [0.1, 0.15) is 0 Å². The molecule has 2 amide bonds. The zero-order valence-electron chi connectivity index (χ0n) is 14.6. The van der Waals surface area contributed by atoms with Crippen LogP contribution >= 0.6 is 0 Å². The van der Waals surface area contributed by atoms with E-state index in [1.807, 2.05) is 6.07 Å². The summed E-state index contributed by atoms with van der Waals surface area (Å²) in [6, 6.07) is 8.33. The average molecular weight is 370 g/mol. The van der Waals surface area contributed by atoms with E-state index in [9.17, 15) is 24.0 Å². The summed E-state index contributed by atoms with van der Waals surface area (Å²) in [7, 11) is 1.28. The van der Waals surface area contributed by atoms with Crippen molar-refractivity contribution >= 4 is 11.8 Å². The Balaban J connectivity index is 1.88. The third-order valence-electron chi connectivity index (χ3n) is 5.78. The fraction of sp³-hybridized carbons (Fsp3) is 0.389. The number of imide groups is 1. The normalized spacial score (nSPS) is 27.3. The standard InChI is InChI=1S/C18H18N4O5/c1-21-15(25)20-16(26)22(17(21)27)11-7-8-12-13(23)19-14(24)18(12,9-11)10-5-3-2-4-6-10/h2-6,11-12H,7-9H2,1H3,(H,19,23,24)(H,20,25,26). The van der Waals surface area contributed by atoms with Gasteiger partial charge in [0, 0.05) is 13.1 Å². The predicted molar refractivity (Wildman–Crippen MR) is 94.2 cm³/mol. The number of amides is 2. The van der Waals surface area contributed by atoms with Crippen LogP contribution in [0.4, 0.5) is 0 Å². The number of nitrogens with one attached hydrogen (secondary N) is 2. The van der Waals surface area contributed by atoms with Crippen molar-refractivity contribution in [1.82, 2.24) is 19.4 Å². The van der Waals surface area contributed by atoms with E-state index in [4.69, 9.17) is 0 Å². The largest absolute Gasteiger partial charge is 0.336 e. The van der Waals surface area contributed by atoms with Gasteiger partial charge in [-0.15, -0.1) is 0 Å². The smallest absolute Gasteiger partial charge is 0.295 e. The molecule has 3 atom stereocenters. The quantitative estimate of drug-likeness (QED) is 0.668. The number of carbonyl (C=O) groups excluding carboxylic acids is 2. The highest BCUT2D eigenvalue weighted by atomic mass is 16.2. The van der Waals surface area contributed by atoms with Crippen LogP contribution in [0.5, 0.6) is 0 Å². The summed E-state index contributed by atoms with van der Waals surface area (Å²) >= 11 is 0. The number of carbonyl (C=O) groups is 2. The fourth-order valence-corrected chi connectivity index (χ4v) is 4.44. The van der Waals surface area contributed by atoms with Gasteiger partial charge in [-0.25, -0.2) is 23.5 Å². The Kier molecular flexibility index (Phi) is 3.76. The maximum Gasteiger partial charge on any atom is 0.336 e. The van der Waals surface area contributed by atoms with E-state index in [2.05, 4.69) is 10.3 Å². The minimum absolute atomic E-state index is 0.125. The van der Waals surface area contributed by atoms with Crippen molar-refractivity contribution in [1.29, 1.82) is 0 Å². The van der Waals surface area contributed by atoms with Gasteiger partial charge in [-0.05, 0) is 24.8 Å². The molecule has 1 saturated carbocycles. The summed E-state index contributed by atoms with van der Waals surface area (Å²) in [6.45, 7) is 0. The molecule has 2 heterocycles. The van der Waals surface area contributed by atoms with Crippen molar-refractivity contribution in [3.8, 4) is 0 Å². The second-order valence-electron chi connectivity index (χ2n) is 7.09. The van der Waals surface area contributed by atoms with E-state index in [1.165, 1.54) is 7.05 Å². The molecule has 1 aliphatic carbocycles. The minimum Gasteiger partial charge on any atom is -0.295 e. The molecule has 2 aliphatic rings. The number of nitrogens with zero attached hydrogens (tertiary/aromatic N) is 2. The third-order valence-corrected chi connectivity index (χ3v) is 5.78. The molecule has 9 heteroatoms. The van der Waals surface area contributed by atoms with Gasteiger partial charge in [-0.2, -0.15) is 0 Å². The van der Waals surface area contributed by atoms with E-state index in [1.54, 1.807) is 24.3 Å². The molecule has 3 unspecified atom stereocenters. The molecular formula is C18H18N4O5. The number of H-pyrrole nitrogens is 1. The van der Waals surface area contributed by atoms with E-state index < -0.39 is 40.4 Å². The topological polar surface area (TPSA) is 123 Å². The van der Waals surface area contributed by atoms with Gasteiger partial charge in [0.25, 0.3) is 0 Å². The highest BCUT2D eigenvalue weighted by Crippen LogP contribution is 2.50. The van der Waals surface area contributed by atoms with Gasteiger partial charge < -0.3 is 0 Å². The number of benzene rings is 1. The van der Waals surface area contributed by atoms with Gasteiger partial charge in [0.05, 0.1) is 11.3 Å². The van der Waals surface area contributed by atoms with Crippen molar-refractivity contribution in [2.75, 3.05) is 0 Å². The number of hydrogen-bond acceptors (Lipinski definition) is 5. The molecule has 0 bridgehead atoms. The van der Waals surface area contributed by atoms with Crippen LogP contribution in [0.3, 0.4) is 0 Å². The van der Waals surface area contributed by atoms with Crippen LogP contribution in [-0.2, 0) is 22.1 Å². The molecule has 2 N–H and O–H groups in total. The van der Waals surface area contributed by atoms with Crippen molar-refractivity contribution in [2.24, 2.45) is 13.0 Å². The molecule has 0 spiro atoms. The number of rotatable bonds is 2. The van der Waals surface area contributed by atoms with E-state index in [0.29, 0.717) is 18.4 Å². The first kappa shape index (κ1) is 17.2. The fourth-order valence-electron chi connectivity index (χ4n) is 4.44. The zero-order chi connectivity index (χ0) is 19.3. The molecule has 2 aromatic rings. The van der Waals surface area contributed by atoms with Crippen molar-refractivity contribution < 1.29 is 9.59 Å². The molecule has 2 fully saturated rings. The first-order valence-electron chi connectivity index (χ1n) is 8.69.